The molecule has 0 bridgehead atoms. The molecule has 0 spiro atoms. The first-order chi connectivity index (χ1) is 8.19. The molecule has 3 heteroatoms. The topological polar surface area (TPSA) is 9.23 Å². The highest BCUT2D eigenvalue weighted by molar-refractivity contribution is 6.32. The van der Waals surface area contributed by atoms with Crippen LogP contribution in [-0.4, -0.2) is 0 Å². The molecule has 0 saturated carbocycles. The van der Waals surface area contributed by atoms with Crippen LogP contribution in [-0.2, 0) is 5.88 Å². The van der Waals surface area contributed by atoms with E-state index in [2.05, 4.69) is 0 Å². The van der Waals surface area contributed by atoms with Crippen LogP contribution in [0.1, 0.15) is 11.1 Å². The molecule has 0 aromatic heterocycles. The Balaban J connectivity index is 2.19. The third-order valence-corrected chi connectivity index (χ3v) is 3.06. The highest BCUT2D eigenvalue weighted by Crippen LogP contribution is 2.27. The fraction of sp³-hybridized carbons (Fsp3) is 0.143. The zero-order valence-electron chi connectivity index (χ0n) is 9.41. The molecular weight excluding hydrogens is 255 g/mol. The Morgan fingerprint density at radius 1 is 1.00 bits per heavy atom. The van der Waals surface area contributed by atoms with Crippen LogP contribution in [0.15, 0.2) is 42.5 Å². The minimum Gasteiger partial charge on any atom is -0.457 e. The van der Waals surface area contributed by atoms with Crippen LogP contribution < -0.4 is 4.74 Å². The molecule has 0 aliphatic carbocycles. The lowest BCUT2D eigenvalue weighted by Gasteiger charge is -2.07. The summed E-state index contributed by atoms with van der Waals surface area (Å²) in [6.45, 7) is 2.04. The lowest BCUT2D eigenvalue weighted by molar-refractivity contribution is 0.482. The lowest BCUT2D eigenvalue weighted by atomic mass is 10.2. The first kappa shape index (κ1) is 12.3. The summed E-state index contributed by atoms with van der Waals surface area (Å²) in [6.07, 6.45) is 0. The molecule has 0 N–H and O–H groups in total. The van der Waals surface area contributed by atoms with Gasteiger partial charge in [-0.15, -0.1) is 11.6 Å². The van der Waals surface area contributed by atoms with Crippen molar-refractivity contribution in [1.29, 1.82) is 0 Å². The Bertz CT molecular complexity index is 506. The van der Waals surface area contributed by atoms with Crippen molar-refractivity contribution in [2.75, 3.05) is 0 Å². The van der Waals surface area contributed by atoms with Crippen LogP contribution in [0.4, 0.5) is 0 Å². The second kappa shape index (κ2) is 5.44. The predicted octanol–water partition coefficient (Wildman–Crippen LogP) is 5.18. The smallest absolute Gasteiger partial charge is 0.128 e. The zero-order chi connectivity index (χ0) is 12.3. The van der Waals surface area contributed by atoms with Crippen molar-refractivity contribution in [1.82, 2.24) is 0 Å². The van der Waals surface area contributed by atoms with Gasteiger partial charge in [-0.3, -0.25) is 0 Å². The van der Waals surface area contributed by atoms with Gasteiger partial charge < -0.3 is 4.74 Å². The van der Waals surface area contributed by atoms with E-state index in [0.29, 0.717) is 16.7 Å². The maximum atomic E-state index is 6.06. The normalized spacial score (nSPS) is 10.3. The van der Waals surface area contributed by atoms with E-state index in [1.807, 2.05) is 43.3 Å². The molecule has 0 radical (unpaired) electrons. The largest absolute Gasteiger partial charge is 0.457 e. The molecular formula is C14H12Cl2O. The number of ether oxygens (including phenoxy) is 1. The molecule has 88 valence electrons. The van der Waals surface area contributed by atoms with Gasteiger partial charge in [0, 0.05) is 10.9 Å². The van der Waals surface area contributed by atoms with Gasteiger partial charge in [-0.25, -0.2) is 0 Å². The summed E-state index contributed by atoms with van der Waals surface area (Å²) in [4.78, 5) is 0. The molecule has 0 heterocycles. The van der Waals surface area contributed by atoms with Crippen molar-refractivity contribution < 1.29 is 4.74 Å². The van der Waals surface area contributed by atoms with Crippen LogP contribution in [0, 0.1) is 6.92 Å². The van der Waals surface area contributed by atoms with Crippen molar-refractivity contribution >= 4 is 23.2 Å². The number of alkyl halides is 1. The quantitative estimate of drug-likeness (QED) is 0.696. The lowest BCUT2D eigenvalue weighted by Crippen LogP contribution is -1.86. The van der Waals surface area contributed by atoms with Crippen LogP contribution in [0.2, 0.25) is 5.02 Å². The minimum atomic E-state index is 0.406. The molecule has 0 saturated heterocycles. The first-order valence-corrected chi connectivity index (χ1v) is 6.19. The van der Waals surface area contributed by atoms with Crippen LogP contribution in [0.5, 0.6) is 11.5 Å². The van der Waals surface area contributed by atoms with Crippen molar-refractivity contribution in [2.45, 2.75) is 12.8 Å². The molecule has 17 heavy (non-hydrogen) atoms. The van der Waals surface area contributed by atoms with E-state index in [0.717, 1.165) is 11.3 Å². The monoisotopic (exact) mass is 266 g/mol. The predicted molar refractivity (Wildman–Crippen MR) is 72.3 cm³/mol. The molecule has 0 aliphatic heterocycles. The summed E-state index contributed by atoms with van der Waals surface area (Å²) < 4.78 is 5.69. The standard InChI is InChI=1S/C14H12Cl2O/c1-10-2-5-12(6-3-10)17-13-7-4-11(9-15)14(16)8-13/h2-8H,9H2,1H3. The average Bonchev–Trinajstić information content (AvgIpc) is 2.32. The SMILES string of the molecule is Cc1ccc(Oc2ccc(CCl)c(Cl)c2)cc1. The third-order valence-electron chi connectivity index (χ3n) is 2.43. The molecule has 0 unspecified atom stereocenters. The molecule has 0 atom stereocenters. The van der Waals surface area contributed by atoms with E-state index >= 15 is 0 Å². The van der Waals surface area contributed by atoms with Gasteiger partial charge in [0.05, 0.1) is 0 Å². The van der Waals surface area contributed by atoms with Crippen molar-refractivity contribution in [2.24, 2.45) is 0 Å². The maximum Gasteiger partial charge on any atom is 0.128 e. The van der Waals surface area contributed by atoms with Crippen LogP contribution >= 0.6 is 23.2 Å². The summed E-state index contributed by atoms with van der Waals surface area (Å²) in [6, 6.07) is 13.4. The third kappa shape index (κ3) is 3.15. The van der Waals surface area contributed by atoms with Gasteiger partial charge >= 0.3 is 0 Å². The molecule has 2 rings (SSSR count). The van der Waals surface area contributed by atoms with Gasteiger partial charge in [0.15, 0.2) is 0 Å². The van der Waals surface area contributed by atoms with Crippen LogP contribution in [0.3, 0.4) is 0 Å². The Morgan fingerprint density at radius 2 is 1.65 bits per heavy atom. The fourth-order valence-corrected chi connectivity index (χ4v) is 1.98. The number of halogens is 2. The number of rotatable bonds is 3. The Labute approximate surface area is 111 Å². The zero-order valence-corrected chi connectivity index (χ0v) is 10.9. The summed E-state index contributed by atoms with van der Waals surface area (Å²) in [5.74, 6) is 1.92. The van der Waals surface area contributed by atoms with E-state index in [9.17, 15) is 0 Å². The van der Waals surface area contributed by atoms with E-state index < -0.39 is 0 Å². The first-order valence-electron chi connectivity index (χ1n) is 5.28. The van der Waals surface area contributed by atoms with Crippen molar-refractivity contribution in [3.05, 3.63) is 58.6 Å². The molecule has 0 fully saturated rings. The van der Waals surface area contributed by atoms with E-state index in [1.54, 1.807) is 6.07 Å². The summed E-state index contributed by atoms with van der Waals surface area (Å²) >= 11 is 11.8. The molecule has 0 amide bonds. The number of aryl methyl sites for hydroxylation is 1. The van der Waals surface area contributed by atoms with E-state index in [1.165, 1.54) is 5.56 Å². The van der Waals surface area contributed by atoms with E-state index in [4.69, 9.17) is 27.9 Å². The minimum absolute atomic E-state index is 0.406. The second-order valence-electron chi connectivity index (χ2n) is 3.80. The summed E-state index contributed by atoms with van der Waals surface area (Å²) in [7, 11) is 0. The molecule has 2 aromatic rings. The number of hydrogen-bond acceptors (Lipinski definition) is 1. The summed E-state index contributed by atoms with van der Waals surface area (Å²) in [5, 5.41) is 0.629. The average molecular weight is 267 g/mol. The fourth-order valence-electron chi connectivity index (χ4n) is 1.44. The van der Waals surface area contributed by atoms with Gasteiger partial charge in [-0.1, -0.05) is 35.4 Å². The van der Waals surface area contributed by atoms with Gasteiger partial charge in [-0.05, 0) is 36.8 Å². The Kier molecular flexibility index (Phi) is 3.93. The molecule has 2 aromatic carbocycles. The van der Waals surface area contributed by atoms with Gasteiger partial charge in [0.1, 0.15) is 11.5 Å². The Morgan fingerprint density at radius 3 is 2.24 bits per heavy atom. The second-order valence-corrected chi connectivity index (χ2v) is 4.48. The summed E-state index contributed by atoms with van der Waals surface area (Å²) in [5.41, 5.74) is 2.11. The van der Waals surface area contributed by atoms with E-state index in [-0.39, 0.29) is 0 Å². The number of hydrogen-bond donors (Lipinski definition) is 0. The van der Waals surface area contributed by atoms with Gasteiger partial charge in [0.2, 0.25) is 0 Å². The molecule has 0 aliphatic rings. The maximum absolute atomic E-state index is 6.06. The van der Waals surface area contributed by atoms with Crippen molar-refractivity contribution in [3.8, 4) is 11.5 Å². The highest BCUT2D eigenvalue weighted by Gasteiger charge is 2.02. The number of benzene rings is 2. The highest BCUT2D eigenvalue weighted by atomic mass is 35.5. The van der Waals surface area contributed by atoms with Gasteiger partial charge in [0.25, 0.3) is 0 Å². The Hall–Kier alpha value is -1.18. The van der Waals surface area contributed by atoms with Crippen LogP contribution in [0.25, 0.3) is 0 Å². The van der Waals surface area contributed by atoms with Crippen molar-refractivity contribution in [3.63, 3.8) is 0 Å². The molecule has 1 nitrogen and oxygen atoms in total. The van der Waals surface area contributed by atoms with Gasteiger partial charge in [-0.2, -0.15) is 0 Å².